The highest BCUT2D eigenvalue weighted by molar-refractivity contribution is 6.00. The lowest BCUT2D eigenvalue weighted by atomic mass is 10.2. The average molecular weight is 373 g/mol. The Morgan fingerprint density at radius 2 is 1.88 bits per heavy atom. The lowest BCUT2D eigenvalue weighted by Crippen LogP contribution is -2.44. The van der Waals surface area contributed by atoms with Gasteiger partial charge < -0.3 is 19.5 Å². The number of carbonyl (C=O) groups is 2. The van der Waals surface area contributed by atoms with Crippen LogP contribution in [0.15, 0.2) is 18.2 Å². The highest BCUT2D eigenvalue weighted by Crippen LogP contribution is 2.32. The van der Waals surface area contributed by atoms with Crippen LogP contribution in [-0.4, -0.2) is 61.8 Å². The molecule has 1 aromatic rings. The molecular formula is C17H25ClN2O5. The maximum Gasteiger partial charge on any atom is 0.317 e. The highest BCUT2D eigenvalue weighted by atomic mass is 35.5. The number of rotatable bonds is 8. The third-order valence-electron chi connectivity index (χ3n) is 4.12. The number of benzene rings is 1. The molecule has 0 spiro atoms. The fourth-order valence-corrected chi connectivity index (χ4v) is 3.01. The summed E-state index contributed by atoms with van der Waals surface area (Å²) in [6.45, 7) is 2.97. The Labute approximate surface area is 153 Å². The maximum absolute atomic E-state index is 12.8. The van der Waals surface area contributed by atoms with Crippen molar-refractivity contribution in [2.45, 2.75) is 25.8 Å². The van der Waals surface area contributed by atoms with Crippen molar-refractivity contribution in [3.8, 4) is 11.5 Å². The van der Waals surface area contributed by atoms with Gasteiger partial charge in [0, 0.05) is 24.7 Å². The van der Waals surface area contributed by atoms with E-state index in [9.17, 15) is 9.59 Å². The second-order valence-electron chi connectivity index (χ2n) is 5.73. The number of nitrogens with zero attached hydrogens (tertiary/aromatic N) is 2. The van der Waals surface area contributed by atoms with Crippen LogP contribution in [0.4, 0.5) is 5.69 Å². The van der Waals surface area contributed by atoms with E-state index in [1.807, 2.05) is 6.92 Å². The first-order valence-corrected chi connectivity index (χ1v) is 8.00. The molecule has 1 aromatic carbocycles. The Balaban J connectivity index is 0.00000312. The largest absolute Gasteiger partial charge is 0.497 e. The summed E-state index contributed by atoms with van der Waals surface area (Å²) in [6.07, 6.45) is 1.40. The molecule has 1 N–H and O–H groups in total. The van der Waals surface area contributed by atoms with Gasteiger partial charge in [-0.05, 0) is 19.4 Å². The number of amides is 1. The Hall–Kier alpha value is -1.99. The van der Waals surface area contributed by atoms with E-state index in [0.29, 0.717) is 36.7 Å². The minimum absolute atomic E-state index is 0. The molecule has 1 fully saturated rings. The number of hydrogen-bond acceptors (Lipinski definition) is 5. The van der Waals surface area contributed by atoms with Crippen LogP contribution in [0.5, 0.6) is 11.5 Å². The zero-order valence-electron chi connectivity index (χ0n) is 14.7. The molecule has 7 nitrogen and oxygen atoms in total. The fraction of sp³-hybridized carbons (Fsp3) is 0.529. The molecule has 0 aromatic heterocycles. The Morgan fingerprint density at radius 1 is 1.28 bits per heavy atom. The number of methoxy groups -OCH3 is 2. The summed E-state index contributed by atoms with van der Waals surface area (Å²) in [6, 6.07) is 4.90. The third-order valence-corrected chi connectivity index (χ3v) is 4.12. The number of aliphatic carboxylic acids is 1. The van der Waals surface area contributed by atoms with E-state index in [1.54, 1.807) is 42.2 Å². The van der Waals surface area contributed by atoms with E-state index in [2.05, 4.69) is 0 Å². The molecule has 1 saturated heterocycles. The van der Waals surface area contributed by atoms with Gasteiger partial charge in [-0.15, -0.1) is 12.4 Å². The molecule has 0 radical (unpaired) electrons. The van der Waals surface area contributed by atoms with Crippen LogP contribution < -0.4 is 14.4 Å². The molecule has 1 heterocycles. The van der Waals surface area contributed by atoms with Crippen LogP contribution in [0.1, 0.15) is 19.8 Å². The summed E-state index contributed by atoms with van der Waals surface area (Å²) in [7, 11) is 3.12. The van der Waals surface area contributed by atoms with Crippen molar-refractivity contribution in [3.63, 3.8) is 0 Å². The minimum Gasteiger partial charge on any atom is -0.497 e. The smallest absolute Gasteiger partial charge is 0.317 e. The third kappa shape index (κ3) is 4.99. The van der Waals surface area contributed by atoms with E-state index in [-0.39, 0.29) is 24.9 Å². The average Bonchev–Trinajstić information content (AvgIpc) is 2.95. The molecule has 0 saturated carbocycles. The molecule has 2 rings (SSSR count). The SMILES string of the molecule is CCCN(CC(=O)O)C1CCN(c2cc(OC)cc(OC)c2)C1=O.Cl. The van der Waals surface area contributed by atoms with Gasteiger partial charge in [0.1, 0.15) is 11.5 Å². The molecule has 1 amide bonds. The second kappa shape index (κ2) is 9.48. The van der Waals surface area contributed by atoms with Gasteiger partial charge in [0.25, 0.3) is 0 Å². The first-order valence-electron chi connectivity index (χ1n) is 8.00. The van der Waals surface area contributed by atoms with E-state index < -0.39 is 12.0 Å². The van der Waals surface area contributed by atoms with Crippen LogP contribution in [0, 0.1) is 0 Å². The fourth-order valence-electron chi connectivity index (χ4n) is 3.01. The van der Waals surface area contributed by atoms with Crippen LogP contribution in [0.3, 0.4) is 0 Å². The number of halogens is 1. The lowest BCUT2D eigenvalue weighted by molar-refractivity contribution is -0.139. The summed E-state index contributed by atoms with van der Waals surface area (Å²) < 4.78 is 10.5. The van der Waals surface area contributed by atoms with Crippen molar-refractivity contribution in [2.75, 3.05) is 38.8 Å². The van der Waals surface area contributed by atoms with Gasteiger partial charge in [0.2, 0.25) is 5.91 Å². The van der Waals surface area contributed by atoms with Gasteiger partial charge in [0.05, 0.1) is 32.5 Å². The number of carbonyl (C=O) groups excluding carboxylic acids is 1. The predicted molar refractivity (Wildman–Crippen MR) is 97.1 cm³/mol. The number of ether oxygens (including phenoxy) is 2. The molecule has 0 bridgehead atoms. The summed E-state index contributed by atoms with van der Waals surface area (Å²) in [5.41, 5.74) is 0.700. The van der Waals surface area contributed by atoms with E-state index >= 15 is 0 Å². The Morgan fingerprint density at radius 3 is 2.36 bits per heavy atom. The first kappa shape index (κ1) is 21.1. The summed E-state index contributed by atoms with van der Waals surface area (Å²) >= 11 is 0. The van der Waals surface area contributed by atoms with E-state index in [0.717, 1.165) is 6.42 Å². The standard InChI is InChI=1S/C17H24N2O5.ClH/c1-4-6-18(11-16(20)21)15-5-7-19(17(15)22)12-8-13(23-2)10-14(9-12)24-3;/h8-10,15H,4-7,11H2,1-3H3,(H,20,21);1H. The van der Waals surface area contributed by atoms with Crippen molar-refractivity contribution in [1.29, 1.82) is 0 Å². The zero-order valence-corrected chi connectivity index (χ0v) is 15.5. The monoisotopic (exact) mass is 372 g/mol. The van der Waals surface area contributed by atoms with Gasteiger partial charge >= 0.3 is 5.97 Å². The minimum atomic E-state index is -0.919. The summed E-state index contributed by atoms with van der Waals surface area (Å²) in [4.78, 5) is 27.3. The maximum atomic E-state index is 12.8. The molecule has 1 aliphatic heterocycles. The molecule has 8 heteroatoms. The van der Waals surface area contributed by atoms with Crippen LogP contribution in [-0.2, 0) is 9.59 Å². The topological polar surface area (TPSA) is 79.3 Å². The quantitative estimate of drug-likeness (QED) is 0.752. The van der Waals surface area contributed by atoms with Crippen molar-refractivity contribution in [3.05, 3.63) is 18.2 Å². The molecule has 25 heavy (non-hydrogen) atoms. The van der Waals surface area contributed by atoms with Crippen LogP contribution in [0.25, 0.3) is 0 Å². The molecule has 1 aliphatic rings. The van der Waals surface area contributed by atoms with E-state index in [4.69, 9.17) is 14.6 Å². The second-order valence-corrected chi connectivity index (χ2v) is 5.73. The van der Waals surface area contributed by atoms with Gasteiger partial charge in [-0.25, -0.2) is 0 Å². The summed E-state index contributed by atoms with van der Waals surface area (Å²) in [5, 5.41) is 9.08. The number of hydrogen-bond donors (Lipinski definition) is 1. The van der Waals surface area contributed by atoms with Crippen molar-refractivity contribution >= 4 is 30.0 Å². The molecule has 0 aliphatic carbocycles. The molecular weight excluding hydrogens is 348 g/mol. The molecule has 1 atom stereocenters. The zero-order chi connectivity index (χ0) is 17.7. The van der Waals surface area contributed by atoms with Crippen LogP contribution >= 0.6 is 12.4 Å². The van der Waals surface area contributed by atoms with Crippen LogP contribution in [0.2, 0.25) is 0 Å². The van der Waals surface area contributed by atoms with Crippen molar-refractivity contribution < 1.29 is 24.2 Å². The van der Waals surface area contributed by atoms with Gasteiger partial charge in [0.15, 0.2) is 0 Å². The van der Waals surface area contributed by atoms with E-state index in [1.165, 1.54) is 0 Å². The predicted octanol–water partition coefficient (Wildman–Crippen LogP) is 2.03. The van der Waals surface area contributed by atoms with Gasteiger partial charge in [-0.1, -0.05) is 6.92 Å². The number of anilines is 1. The molecule has 1 unspecified atom stereocenters. The Bertz CT molecular complexity index is 588. The Kier molecular flexibility index (Phi) is 7.99. The molecule has 140 valence electrons. The van der Waals surface area contributed by atoms with Gasteiger partial charge in [-0.3, -0.25) is 14.5 Å². The highest BCUT2D eigenvalue weighted by Gasteiger charge is 2.37. The van der Waals surface area contributed by atoms with Crippen molar-refractivity contribution in [1.82, 2.24) is 4.90 Å². The normalized spacial score (nSPS) is 16.7. The lowest BCUT2D eigenvalue weighted by Gasteiger charge is -2.26. The summed E-state index contributed by atoms with van der Waals surface area (Å²) in [5.74, 6) is 0.214. The number of carboxylic acids is 1. The van der Waals surface area contributed by atoms with Crippen molar-refractivity contribution in [2.24, 2.45) is 0 Å². The van der Waals surface area contributed by atoms with Gasteiger partial charge in [-0.2, -0.15) is 0 Å². The number of carboxylic acid groups (broad SMARTS) is 1. The first-order chi connectivity index (χ1) is 11.5.